The number of aliphatic hydroxyl groups is 1. The van der Waals surface area contributed by atoms with Gasteiger partial charge >= 0.3 is 5.97 Å². The number of ketones is 1. The molecule has 5 rings (SSSR count). The highest BCUT2D eigenvalue weighted by Crippen LogP contribution is 2.42. The highest BCUT2D eigenvalue weighted by molar-refractivity contribution is 5.97. The maximum atomic E-state index is 13.2. The van der Waals surface area contributed by atoms with Crippen molar-refractivity contribution in [3.63, 3.8) is 0 Å². The summed E-state index contributed by atoms with van der Waals surface area (Å²) in [6, 6.07) is 6.02. The number of nitrogens with zero attached hydrogens (tertiary/aromatic N) is 2. The van der Waals surface area contributed by atoms with E-state index in [1.165, 1.54) is 7.11 Å². The van der Waals surface area contributed by atoms with Crippen LogP contribution in [0.3, 0.4) is 0 Å². The molecule has 0 amide bonds. The first-order valence-electron chi connectivity index (χ1n) is 14.3. The van der Waals surface area contributed by atoms with Gasteiger partial charge in [-0.15, -0.1) is 0 Å². The molecule has 2 aromatic rings. The number of aromatic nitrogens is 4. The molecule has 5 atom stereocenters. The number of esters is 1. The number of fused-ring (bicyclic) bond motifs is 8. The number of aliphatic hydroxyl groups excluding tert-OH is 1. The normalized spacial score (nSPS) is 22.2. The van der Waals surface area contributed by atoms with E-state index in [9.17, 15) is 14.7 Å². The predicted molar refractivity (Wildman–Crippen MR) is 154 cm³/mol. The molecular weight excluding hydrogens is 504 g/mol. The van der Waals surface area contributed by atoms with Crippen molar-refractivity contribution in [3.8, 4) is 0 Å². The lowest BCUT2D eigenvalue weighted by Gasteiger charge is -2.15. The first kappa shape index (κ1) is 28.0. The number of carbonyl (C=O) groups excluding carboxylic acids is 2. The van der Waals surface area contributed by atoms with Crippen molar-refractivity contribution in [1.29, 1.82) is 0 Å². The highest BCUT2D eigenvalue weighted by atomic mass is 16.5. The van der Waals surface area contributed by atoms with Gasteiger partial charge in [0.2, 0.25) is 0 Å². The Balaban J connectivity index is 1.85. The summed E-state index contributed by atoms with van der Waals surface area (Å²) >= 11 is 0. The number of hydrogen-bond acceptors (Lipinski definition) is 6. The lowest BCUT2D eigenvalue weighted by atomic mass is 9.87. The van der Waals surface area contributed by atoms with E-state index in [4.69, 9.17) is 14.7 Å². The van der Waals surface area contributed by atoms with Crippen molar-refractivity contribution >= 4 is 22.8 Å². The molecule has 2 aromatic heterocycles. The third-order valence-electron chi connectivity index (χ3n) is 9.14. The van der Waals surface area contributed by atoms with Crippen LogP contribution in [0.4, 0.5) is 0 Å². The molecule has 0 spiro atoms. The monoisotopic (exact) mass is 544 g/mol. The maximum Gasteiger partial charge on any atom is 0.305 e. The average molecular weight is 545 g/mol. The molecule has 212 valence electrons. The van der Waals surface area contributed by atoms with E-state index >= 15 is 0 Å². The molecule has 40 heavy (non-hydrogen) atoms. The van der Waals surface area contributed by atoms with Crippen LogP contribution in [0.2, 0.25) is 0 Å². The molecule has 3 N–H and O–H groups in total. The molecule has 0 radical (unpaired) electrons. The predicted octanol–water partition coefficient (Wildman–Crippen LogP) is 6.27. The van der Waals surface area contributed by atoms with Crippen LogP contribution in [0, 0.1) is 13.8 Å². The third-order valence-corrected chi connectivity index (χ3v) is 9.14. The number of Topliss-reactive ketones (excluding diaryl/α,β-unsaturated/α-hetero) is 1. The van der Waals surface area contributed by atoms with Crippen LogP contribution in [-0.2, 0) is 16.0 Å². The van der Waals surface area contributed by atoms with E-state index in [1.807, 2.05) is 19.9 Å². The molecule has 0 saturated heterocycles. The second-order valence-electron chi connectivity index (χ2n) is 11.5. The van der Waals surface area contributed by atoms with Crippen molar-refractivity contribution < 1.29 is 19.4 Å². The van der Waals surface area contributed by atoms with E-state index in [-0.39, 0.29) is 48.3 Å². The molecule has 0 aliphatic carbocycles. The molecule has 8 nitrogen and oxygen atoms in total. The Morgan fingerprint density at radius 3 is 2.48 bits per heavy atom. The van der Waals surface area contributed by atoms with Gasteiger partial charge in [0.15, 0.2) is 5.78 Å². The molecule has 8 heteroatoms. The largest absolute Gasteiger partial charge is 0.469 e. The number of ether oxygens (including phenoxy) is 1. The molecule has 0 saturated carbocycles. The minimum absolute atomic E-state index is 0.00812. The number of rotatable bonds is 5. The standard InChI is InChI=1S/C32H40N4O4/c1-8-20-15(2)23-12-28-31(19(6)37)17(4)24(35-28)11-22-16(3)21(9-10-30(39)40-7)26(33-22)13-27-29(38)14-25(34-27)18(5)32(20)36-23/h11-13,15-16,19-21,33,35,37H,8-10,14H2,1-7H3/t15-,16+,19-,20-,21+/m1/s1. The Labute approximate surface area is 235 Å². The molecule has 0 aromatic carbocycles. The minimum atomic E-state index is -0.655. The van der Waals surface area contributed by atoms with Gasteiger partial charge in [0.05, 0.1) is 25.3 Å². The number of hydrogen-bond donors (Lipinski definition) is 3. The van der Waals surface area contributed by atoms with Crippen LogP contribution in [0.15, 0.2) is 18.2 Å². The molecule has 0 unspecified atom stereocenters. The Hall–Kier alpha value is -3.52. The Bertz CT molecular complexity index is 1550. The van der Waals surface area contributed by atoms with Crippen molar-refractivity contribution in [3.05, 3.63) is 69.1 Å². The maximum absolute atomic E-state index is 13.2. The summed E-state index contributed by atoms with van der Waals surface area (Å²) in [5, 5.41) is 10.8. The van der Waals surface area contributed by atoms with E-state index < -0.39 is 6.10 Å². The molecule has 8 bridgehead atoms. The number of H-pyrrole nitrogens is 2. The van der Waals surface area contributed by atoms with E-state index in [0.29, 0.717) is 12.1 Å². The molecular formula is C32H40N4O4. The summed E-state index contributed by atoms with van der Waals surface area (Å²) in [7, 11) is 1.40. The quantitative estimate of drug-likeness (QED) is 0.382. The second kappa shape index (κ2) is 10.8. The number of nitrogens with one attached hydrogen (secondary N) is 2. The van der Waals surface area contributed by atoms with Gasteiger partial charge in [-0.25, -0.2) is 4.98 Å². The van der Waals surface area contributed by atoms with Crippen molar-refractivity contribution in [2.75, 3.05) is 7.11 Å². The van der Waals surface area contributed by atoms with Crippen LogP contribution in [-0.4, -0.2) is 43.9 Å². The van der Waals surface area contributed by atoms with Gasteiger partial charge < -0.3 is 19.8 Å². The van der Waals surface area contributed by atoms with Crippen LogP contribution in [0.5, 0.6) is 0 Å². The summed E-state index contributed by atoms with van der Waals surface area (Å²) in [5.74, 6) is 0.195. The van der Waals surface area contributed by atoms with Gasteiger partial charge in [0.1, 0.15) is 5.69 Å². The smallest absolute Gasteiger partial charge is 0.305 e. The Kier molecular flexibility index (Phi) is 7.57. The summed E-state index contributed by atoms with van der Waals surface area (Å²) in [5.41, 5.74) is 9.58. The summed E-state index contributed by atoms with van der Waals surface area (Å²) in [6.07, 6.45) is 1.39. The average Bonchev–Trinajstić information content (AvgIpc) is 3.61. The fourth-order valence-corrected chi connectivity index (χ4v) is 6.66. The van der Waals surface area contributed by atoms with E-state index in [0.717, 1.165) is 62.6 Å². The topological polar surface area (TPSA) is 121 Å². The molecule has 5 heterocycles. The van der Waals surface area contributed by atoms with Crippen LogP contribution in [0.1, 0.15) is 132 Å². The fraction of sp³-hybridized carbons (Fsp3) is 0.500. The van der Waals surface area contributed by atoms with Gasteiger partial charge in [0, 0.05) is 69.5 Å². The number of carbonyl (C=O) groups is 2. The van der Waals surface area contributed by atoms with Crippen LogP contribution in [0.25, 0.3) is 11.0 Å². The van der Waals surface area contributed by atoms with Gasteiger partial charge in [-0.3, -0.25) is 14.6 Å². The summed E-state index contributed by atoms with van der Waals surface area (Å²) in [6.45, 7) is 12.3. The lowest BCUT2D eigenvalue weighted by molar-refractivity contribution is -0.140. The van der Waals surface area contributed by atoms with E-state index in [2.05, 4.69) is 42.9 Å². The van der Waals surface area contributed by atoms with Crippen molar-refractivity contribution in [2.45, 2.75) is 97.0 Å². The van der Waals surface area contributed by atoms with Crippen molar-refractivity contribution in [1.82, 2.24) is 19.9 Å². The number of aryl methyl sites for hydroxylation is 1. The van der Waals surface area contributed by atoms with Gasteiger partial charge in [-0.05, 0) is 62.9 Å². The summed E-state index contributed by atoms with van der Waals surface area (Å²) in [4.78, 5) is 42.2. The van der Waals surface area contributed by atoms with Gasteiger partial charge in [0.25, 0.3) is 0 Å². The number of aromatic amines is 2. The zero-order chi connectivity index (χ0) is 28.9. The molecule has 3 aliphatic heterocycles. The molecule has 0 fully saturated rings. The Morgan fingerprint density at radius 1 is 1.05 bits per heavy atom. The van der Waals surface area contributed by atoms with Gasteiger partial charge in [-0.2, -0.15) is 0 Å². The minimum Gasteiger partial charge on any atom is -0.469 e. The zero-order valence-electron chi connectivity index (χ0n) is 24.5. The van der Waals surface area contributed by atoms with Crippen LogP contribution >= 0.6 is 0 Å². The third kappa shape index (κ3) is 4.83. The summed E-state index contributed by atoms with van der Waals surface area (Å²) < 4.78 is 4.91. The first-order chi connectivity index (χ1) is 19.0. The SMILES string of the molecule is CC[C@H]1c2nc(cc3[nH]c(cc4[nH]c(cc5nc(c2C)CC5=O)[C@@H](CCC(=O)OC)[C@@H]4C)c(C)c3[C@@H](C)O)[C@@H]1C. The fourth-order valence-electron chi connectivity index (χ4n) is 6.66. The molecule has 3 aliphatic rings. The highest BCUT2D eigenvalue weighted by Gasteiger charge is 2.32. The first-order valence-corrected chi connectivity index (χ1v) is 14.3. The van der Waals surface area contributed by atoms with Crippen LogP contribution < -0.4 is 0 Å². The van der Waals surface area contributed by atoms with Crippen molar-refractivity contribution in [2.24, 2.45) is 0 Å². The van der Waals surface area contributed by atoms with E-state index in [1.54, 1.807) is 6.92 Å². The Morgan fingerprint density at radius 2 is 1.80 bits per heavy atom. The number of methoxy groups -OCH3 is 1. The zero-order valence-corrected chi connectivity index (χ0v) is 24.5. The second-order valence-corrected chi connectivity index (χ2v) is 11.5. The van der Waals surface area contributed by atoms with Gasteiger partial charge in [-0.1, -0.05) is 20.8 Å². The lowest BCUT2D eigenvalue weighted by Crippen LogP contribution is -2.07.